The van der Waals surface area contributed by atoms with Gasteiger partial charge in [0.25, 0.3) is 15.0 Å². The topological polar surface area (TPSA) is 63.2 Å². The van der Waals surface area contributed by atoms with E-state index in [0.29, 0.717) is 5.56 Å². The fourth-order valence-corrected chi connectivity index (χ4v) is 4.34. The average Bonchev–Trinajstić information content (AvgIpc) is 2.84. The summed E-state index contributed by atoms with van der Waals surface area (Å²) in [5, 5.41) is 4.46. The quantitative estimate of drug-likeness (QED) is 0.870. The maximum absolute atomic E-state index is 12.0. The van der Waals surface area contributed by atoms with Crippen molar-refractivity contribution in [3.8, 4) is 0 Å². The van der Waals surface area contributed by atoms with Crippen molar-refractivity contribution in [2.75, 3.05) is 0 Å². The zero-order chi connectivity index (χ0) is 14.3. The lowest BCUT2D eigenvalue weighted by Gasteiger charge is -2.17. The fraction of sp³-hybridized carbons (Fsp3) is 0.583. The van der Waals surface area contributed by atoms with E-state index in [-0.39, 0.29) is 21.6 Å². The van der Waals surface area contributed by atoms with Crippen LogP contribution in [-0.2, 0) is 9.05 Å². The second-order valence-corrected chi connectivity index (χ2v) is 9.37. The van der Waals surface area contributed by atoms with Gasteiger partial charge in [-0.15, -0.1) is 11.3 Å². The number of rotatable bonds is 3. The number of thiophene rings is 1. The number of carbonyl (C=O) groups excluding carboxylic acids is 1. The summed E-state index contributed by atoms with van der Waals surface area (Å²) in [4.78, 5) is 12.0. The van der Waals surface area contributed by atoms with Crippen LogP contribution >= 0.6 is 22.0 Å². The summed E-state index contributed by atoms with van der Waals surface area (Å²) in [7, 11) is 1.48. The first-order chi connectivity index (χ1) is 8.67. The van der Waals surface area contributed by atoms with Crippen LogP contribution in [0.25, 0.3) is 0 Å². The van der Waals surface area contributed by atoms with Gasteiger partial charge in [-0.2, -0.15) is 0 Å². The first-order valence-corrected chi connectivity index (χ1v) is 9.20. The molecule has 4 nitrogen and oxygen atoms in total. The van der Waals surface area contributed by atoms with Crippen LogP contribution in [0.5, 0.6) is 0 Å². The molecule has 0 saturated heterocycles. The summed E-state index contributed by atoms with van der Waals surface area (Å²) in [5.74, 6) is -0.231. The molecule has 1 fully saturated rings. The standard InChI is InChI=1S/C12H16ClNO3S2/c1-12(2)4-3-9(6-12)14-11(15)8-5-10(18-7-8)19(13,16)17/h5,7,9H,3-4,6H2,1-2H3,(H,14,15). The second-order valence-electron chi connectivity index (χ2n) is 5.67. The highest BCUT2D eigenvalue weighted by atomic mass is 35.7. The van der Waals surface area contributed by atoms with E-state index >= 15 is 0 Å². The molecule has 1 N–H and O–H groups in total. The Morgan fingerprint density at radius 2 is 2.21 bits per heavy atom. The molecule has 0 aliphatic heterocycles. The van der Waals surface area contributed by atoms with Crippen LogP contribution in [0.2, 0.25) is 0 Å². The van der Waals surface area contributed by atoms with E-state index in [0.717, 1.165) is 30.6 Å². The van der Waals surface area contributed by atoms with Crippen LogP contribution in [0.1, 0.15) is 43.5 Å². The molecule has 0 spiro atoms. The summed E-state index contributed by atoms with van der Waals surface area (Å²) in [6.07, 6.45) is 3.00. The van der Waals surface area contributed by atoms with Gasteiger partial charge in [0.1, 0.15) is 4.21 Å². The van der Waals surface area contributed by atoms with Crippen molar-refractivity contribution in [1.29, 1.82) is 0 Å². The third-order valence-corrected chi connectivity index (χ3v) is 6.42. The molecular formula is C12H16ClNO3S2. The SMILES string of the molecule is CC1(C)CCC(NC(=O)c2csc(S(=O)(=O)Cl)c2)C1. The minimum Gasteiger partial charge on any atom is -0.349 e. The van der Waals surface area contributed by atoms with Crippen LogP contribution in [0.15, 0.2) is 15.7 Å². The van der Waals surface area contributed by atoms with Crippen LogP contribution in [-0.4, -0.2) is 20.4 Å². The van der Waals surface area contributed by atoms with Gasteiger partial charge in [0, 0.05) is 22.1 Å². The lowest BCUT2D eigenvalue weighted by Crippen LogP contribution is -2.33. The zero-order valence-corrected chi connectivity index (χ0v) is 13.2. The Hall–Kier alpha value is -0.590. The van der Waals surface area contributed by atoms with Crippen LogP contribution in [0.3, 0.4) is 0 Å². The molecule has 1 aromatic rings. The highest BCUT2D eigenvalue weighted by Gasteiger charge is 2.32. The van der Waals surface area contributed by atoms with Crippen LogP contribution in [0.4, 0.5) is 0 Å². The van der Waals surface area contributed by atoms with E-state index < -0.39 is 9.05 Å². The van der Waals surface area contributed by atoms with Crippen molar-refractivity contribution < 1.29 is 13.2 Å². The molecule has 19 heavy (non-hydrogen) atoms. The molecule has 1 saturated carbocycles. The minimum absolute atomic E-state index is 0.00562. The highest BCUT2D eigenvalue weighted by Crippen LogP contribution is 2.37. The molecule has 1 unspecified atom stereocenters. The van der Waals surface area contributed by atoms with Crippen molar-refractivity contribution in [3.05, 3.63) is 17.0 Å². The maximum Gasteiger partial charge on any atom is 0.270 e. The molecule has 1 heterocycles. The van der Waals surface area contributed by atoms with Crippen molar-refractivity contribution >= 4 is 37.0 Å². The van der Waals surface area contributed by atoms with Gasteiger partial charge in [-0.1, -0.05) is 13.8 Å². The summed E-state index contributed by atoms with van der Waals surface area (Å²) < 4.78 is 22.3. The average molecular weight is 322 g/mol. The third kappa shape index (κ3) is 3.70. The molecule has 1 aliphatic rings. The number of amides is 1. The predicted molar refractivity (Wildman–Crippen MR) is 76.2 cm³/mol. The number of hydrogen-bond donors (Lipinski definition) is 1. The summed E-state index contributed by atoms with van der Waals surface area (Å²) >= 11 is 0.962. The Balaban J connectivity index is 2.03. The van der Waals surface area contributed by atoms with Gasteiger partial charge < -0.3 is 5.32 Å². The number of halogens is 1. The Bertz CT molecular complexity index is 592. The molecule has 0 aromatic carbocycles. The molecule has 7 heteroatoms. The van der Waals surface area contributed by atoms with Crippen LogP contribution in [0, 0.1) is 5.41 Å². The van der Waals surface area contributed by atoms with Gasteiger partial charge in [-0.25, -0.2) is 8.42 Å². The van der Waals surface area contributed by atoms with E-state index in [1.165, 1.54) is 11.4 Å². The van der Waals surface area contributed by atoms with Gasteiger partial charge >= 0.3 is 0 Å². The van der Waals surface area contributed by atoms with Crippen molar-refractivity contribution in [3.63, 3.8) is 0 Å². The largest absolute Gasteiger partial charge is 0.349 e. The molecule has 1 aliphatic carbocycles. The Kier molecular flexibility index (Phi) is 3.95. The van der Waals surface area contributed by atoms with Gasteiger partial charge in [-0.05, 0) is 30.7 Å². The normalized spacial score (nSPS) is 22.4. The van der Waals surface area contributed by atoms with Gasteiger partial charge in [0.05, 0.1) is 5.56 Å². The van der Waals surface area contributed by atoms with Crippen molar-refractivity contribution in [2.24, 2.45) is 5.41 Å². The van der Waals surface area contributed by atoms with E-state index in [2.05, 4.69) is 19.2 Å². The van der Waals surface area contributed by atoms with E-state index in [9.17, 15) is 13.2 Å². The zero-order valence-electron chi connectivity index (χ0n) is 10.8. The number of hydrogen-bond acceptors (Lipinski definition) is 4. The second kappa shape index (κ2) is 5.07. The summed E-state index contributed by atoms with van der Waals surface area (Å²) in [6, 6.07) is 1.49. The lowest BCUT2D eigenvalue weighted by atomic mass is 9.92. The van der Waals surface area contributed by atoms with Crippen molar-refractivity contribution in [2.45, 2.75) is 43.4 Å². The molecule has 2 rings (SSSR count). The highest BCUT2D eigenvalue weighted by molar-refractivity contribution is 8.15. The van der Waals surface area contributed by atoms with Gasteiger partial charge in [0.2, 0.25) is 0 Å². The molecule has 1 atom stereocenters. The minimum atomic E-state index is -3.75. The fourth-order valence-electron chi connectivity index (χ4n) is 2.39. The summed E-state index contributed by atoms with van der Waals surface area (Å²) in [6.45, 7) is 4.36. The van der Waals surface area contributed by atoms with E-state index in [1.807, 2.05) is 0 Å². The smallest absolute Gasteiger partial charge is 0.270 e. The first kappa shape index (κ1) is 14.8. The van der Waals surface area contributed by atoms with Crippen LogP contribution < -0.4 is 5.32 Å². The Morgan fingerprint density at radius 3 is 2.68 bits per heavy atom. The molecule has 1 amide bonds. The summed E-state index contributed by atoms with van der Waals surface area (Å²) in [5.41, 5.74) is 0.617. The molecular weight excluding hydrogens is 306 g/mol. The van der Waals surface area contributed by atoms with E-state index in [4.69, 9.17) is 10.7 Å². The third-order valence-electron chi connectivity index (χ3n) is 3.38. The van der Waals surface area contributed by atoms with Crippen molar-refractivity contribution in [1.82, 2.24) is 5.32 Å². The van der Waals surface area contributed by atoms with E-state index in [1.54, 1.807) is 0 Å². The van der Waals surface area contributed by atoms with Gasteiger partial charge in [-0.3, -0.25) is 4.79 Å². The molecule has 106 valence electrons. The molecule has 1 aromatic heterocycles. The molecule has 0 bridgehead atoms. The Labute approximate surface area is 121 Å². The number of nitrogens with one attached hydrogen (secondary N) is 1. The van der Waals surface area contributed by atoms with Gasteiger partial charge in [0.15, 0.2) is 0 Å². The number of carbonyl (C=O) groups is 1. The monoisotopic (exact) mass is 321 g/mol. The first-order valence-electron chi connectivity index (χ1n) is 6.01. The Morgan fingerprint density at radius 1 is 1.53 bits per heavy atom. The maximum atomic E-state index is 12.0. The molecule has 0 radical (unpaired) electrons. The lowest BCUT2D eigenvalue weighted by molar-refractivity contribution is 0.0936. The predicted octanol–water partition coefficient (Wildman–Crippen LogP) is 2.98.